The summed E-state index contributed by atoms with van der Waals surface area (Å²) in [6, 6.07) is 17.8. The highest BCUT2D eigenvalue weighted by atomic mass is 16.6. The lowest BCUT2D eigenvalue weighted by atomic mass is 10.1. The fourth-order valence-electron chi connectivity index (χ4n) is 4.33. The van der Waals surface area contributed by atoms with Gasteiger partial charge in [0.1, 0.15) is 17.5 Å². The lowest BCUT2D eigenvalue weighted by Gasteiger charge is -2.26. The molecule has 1 aromatic heterocycles. The van der Waals surface area contributed by atoms with E-state index in [1.807, 2.05) is 73.9 Å². The molecular formula is C28H33N5O4. The second-order valence-corrected chi connectivity index (χ2v) is 9.94. The van der Waals surface area contributed by atoms with E-state index in [1.165, 1.54) is 7.05 Å². The van der Waals surface area contributed by atoms with Crippen LogP contribution in [0.2, 0.25) is 0 Å². The molecule has 2 N–H and O–H groups in total. The molecule has 194 valence electrons. The molecule has 3 amide bonds. The predicted octanol–water partition coefficient (Wildman–Crippen LogP) is 3.91. The fourth-order valence-corrected chi connectivity index (χ4v) is 4.33. The number of fused-ring (bicyclic) bond motifs is 1. The number of carbonyl (C=O) groups excluding carboxylic acids is 3. The summed E-state index contributed by atoms with van der Waals surface area (Å²) in [7, 11) is 1.53. The molecule has 1 aliphatic heterocycles. The van der Waals surface area contributed by atoms with E-state index in [9.17, 15) is 14.4 Å². The molecule has 9 nitrogen and oxygen atoms in total. The van der Waals surface area contributed by atoms with Gasteiger partial charge in [0.15, 0.2) is 5.69 Å². The zero-order valence-corrected chi connectivity index (χ0v) is 21.7. The van der Waals surface area contributed by atoms with Crippen LogP contribution in [-0.4, -0.2) is 51.6 Å². The van der Waals surface area contributed by atoms with Gasteiger partial charge in [0, 0.05) is 25.7 Å². The second-order valence-electron chi connectivity index (χ2n) is 9.94. The van der Waals surface area contributed by atoms with E-state index in [0.29, 0.717) is 36.6 Å². The maximum Gasteiger partial charge on any atom is 0.410 e. The Morgan fingerprint density at radius 1 is 0.973 bits per heavy atom. The van der Waals surface area contributed by atoms with E-state index in [4.69, 9.17) is 9.72 Å². The number of rotatable bonds is 5. The van der Waals surface area contributed by atoms with Crippen LogP contribution in [-0.2, 0) is 22.6 Å². The normalized spacial score (nSPS) is 14.2. The first kappa shape index (κ1) is 25.9. The summed E-state index contributed by atoms with van der Waals surface area (Å²) in [5.74, 6) is -0.194. The average molecular weight is 504 g/mol. The summed E-state index contributed by atoms with van der Waals surface area (Å²) in [6.45, 7) is 6.69. The zero-order chi connectivity index (χ0) is 26.6. The summed E-state index contributed by atoms with van der Waals surface area (Å²) in [4.78, 5) is 45.7. The third-order valence-corrected chi connectivity index (χ3v) is 6.04. The molecule has 0 aliphatic carbocycles. The molecule has 0 saturated carbocycles. The minimum atomic E-state index is -0.899. The number of imidazole rings is 1. The molecular weight excluding hydrogens is 470 g/mol. The van der Waals surface area contributed by atoms with Crippen LogP contribution in [0, 0.1) is 0 Å². The molecule has 9 heteroatoms. The first-order chi connectivity index (χ1) is 17.7. The van der Waals surface area contributed by atoms with Crippen LogP contribution in [0.3, 0.4) is 0 Å². The molecule has 0 spiro atoms. The molecule has 2 aromatic carbocycles. The van der Waals surface area contributed by atoms with Crippen molar-refractivity contribution >= 4 is 17.9 Å². The molecule has 37 heavy (non-hydrogen) atoms. The Kier molecular flexibility index (Phi) is 7.61. The van der Waals surface area contributed by atoms with Crippen LogP contribution in [0.25, 0.3) is 11.4 Å². The summed E-state index contributed by atoms with van der Waals surface area (Å²) in [5, 5.41) is 5.48. The number of hydrogen-bond donors (Lipinski definition) is 2. The Morgan fingerprint density at radius 3 is 2.24 bits per heavy atom. The summed E-state index contributed by atoms with van der Waals surface area (Å²) >= 11 is 0. The minimum absolute atomic E-state index is 0.160. The van der Waals surface area contributed by atoms with Crippen LogP contribution in [0.4, 0.5) is 4.79 Å². The lowest BCUT2D eigenvalue weighted by molar-refractivity contribution is -0.122. The van der Waals surface area contributed by atoms with Crippen LogP contribution in [0.5, 0.6) is 0 Å². The smallest absolute Gasteiger partial charge is 0.410 e. The van der Waals surface area contributed by atoms with Crippen LogP contribution in [0.15, 0.2) is 60.7 Å². The number of ether oxygens (including phenoxy) is 1. The van der Waals surface area contributed by atoms with Crippen molar-refractivity contribution in [2.75, 3.05) is 13.6 Å². The molecule has 0 fully saturated rings. The number of carbonyl (C=O) groups is 3. The minimum Gasteiger partial charge on any atom is -0.444 e. The summed E-state index contributed by atoms with van der Waals surface area (Å²) < 4.78 is 7.60. The molecule has 0 unspecified atom stereocenters. The number of amides is 3. The van der Waals surface area contributed by atoms with Gasteiger partial charge in [-0.1, -0.05) is 60.7 Å². The number of nitrogens with one attached hydrogen (secondary N) is 2. The van der Waals surface area contributed by atoms with Crippen LogP contribution in [0.1, 0.15) is 55.0 Å². The van der Waals surface area contributed by atoms with Crippen molar-refractivity contribution in [1.82, 2.24) is 25.1 Å². The highest BCUT2D eigenvalue weighted by Gasteiger charge is 2.32. The molecule has 3 aromatic rings. The number of hydrogen-bond acceptors (Lipinski definition) is 5. The van der Waals surface area contributed by atoms with Crippen molar-refractivity contribution in [3.63, 3.8) is 0 Å². The van der Waals surface area contributed by atoms with E-state index >= 15 is 0 Å². The van der Waals surface area contributed by atoms with Gasteiger partial charge in [-0.05, 0) is 32.8 Å². The number of nitrogens with zero attached hydrogens (tertiary/aromatic N) is 3. The van der Waals surface area contributed by atoms with Crippen molar-refractivity contribution in [3.05, 3.63) is 77.6 Å². The monoisotopic (exact) mass is 503 g/mol. The Balaban J connectivity index is 1.74. The number of aromatic nitrogens is 2. The summed E-state index contributed by atoms with van der Waals surface area (Å²) in [6.07, 6.45) is 0.233. The van der Waals surface area contributed by atoms with Crippen molar-refractivity contribution in [3.8, 4) is 11.4 Å². The van der Waals surface area contributed by atoms with Gasteiger partial charge in [-0.2, -0.15) is 0 Å². The summed E-state index contributed by atoms with van der Waals surface area (Å²) in [5.41, 5.74) is 1.65. The standard InChI is InChI=1S/C28H33N5O4/c1-28(2,3)37-27(36)32-16-11-17-33-21(18-32)23(30-24(33)20-14-9-6-10-15-20)26(35)31-22(25(34)29-4)19-12-7-5-8-13-19/h5-10,12-15,22H,11,16-18H2,1-4H3,(H,29,34)(H,31,35)/t22-/m0/s1. The molecule has 0 bridgehead atoms. The fraction of sp³-hybridized carbons (Fsp3) is 0.357. The van der Waals surface area contributed by atoms with E-state index < -0.39 is 23.6 Å². The van der Waals surface area contributed by atoms with Gasteiger partial charge in [-0.25, -0.2) is 9.78 Å². The van der Waals surface area contributed by atoms with Gasteiger partial charge < -0.3 is 24.8 Å². The van der Waals surface area contributed by atoms with Crippen LogP contribution >= 0.6 is 0 Å². The Labute approximate surface area is 216 Å². The highest BCUT2D eigenvalue weighted by Crippen LogP contribution is 2.28. The van der Waals surface area contributed by atoms with Crippen molar-refractivity contribution < 1.29 is 19.1 Å². The number of benzene rings is 2. The highest BCUT2D eigenvalue weighted by molar-refractivity contribution is 5.98. The van der Waals surface area contributed by atoms with Gasteiger partial charge in [0.25, 0.3) is 5.91 Å². The lowest BCUT2D eigenvalue weighted by Crippen LogP contribution is -2.40. The van der Waals surface area contributed by atoms with Gasteiger partial charge in [0.2, 0.25) is 5.91 Å². The Bertz CT molecular complexity index is 1260. The van der Waals surface area contributed by atoms with E-state index in [1.54, 1.807) is 17.0 Å². The molecule has 1 atom stereocenters. The Morgan fingerprint density at radius 2 is 1.62 bits per heavy atom. The predicted molar refractivity (Wildman–Crippen MR) is 140 cm³/mol. The maximum atomic E-state index is 13.7. The molecule has 2 heterocycles. The molecule has 0 radical (unpaired) electrons. The van der Waals surface area contributed by atoms with Crippen molar-refractivity contribution in [2.45, 2.75) is 51.9 Å². The van der Waals surface area contributed by atoms with E-state index in [0.717, 1.165) is 5.56 Å². The topological polar surface area (TPSA) is 106 Å². The average Bonchev–Trinajstić information content (AvgIpc) is 3.09. The zero-order valence-electron chi connectivity index (χ0n) is 21.7. The van der Waals surface area contributed by atoms with Crippen LogP contribution < -0.4 is 10.6 Å². The van der Waals surface area contributed by atoms with Crippen molar-refractivity contribution in [2.24, 2.45) is 0 Å². The van der Waals surface area contributed by atoms with E-state index in [2.05, 4.69) is 10.6 Å². The van der Waals surface area contributed by atoms with Gasteiger partial charge in [0.05, 0.1) is 12.2 Å². The van der Waals surface area contributed by atoms with Gasteiger partial charge in [-0.15, -0.1) is 0 Å². The third-order valence-electron chi connectivity index (χ3n) is 6.04. The van der Waals surface area contributed by atoms with Crippen molar-refractivity contribution in [1.29, 1.82) is 0 Å². The van der Waals surface area contributed by atoms with Gasteiger partial charge >= 0.3 is 6.09 Å². The third kappa shape index (κ3) is 5.99. The maximum absolute atomic E-state index is 13.7. The quantitative estimate of drug-likeness (QED) is 0.549. The Hall–Kier alpha value is -4.14. The second kappa shape index (κ2) is 10.9. The number of likely N-dealkylation sites (N-methyl/N-ethyl adjacent to an activating group) is 1. The first-order valence-electron chi connectivity index (χ1n) is 12.4. The molecule has 1 aliphatic rings. The molecule has 0 saturated heterocycles. The molecule has 4 rings (SSSR count). The SMILES string of the molecule is CNC(=O)[C@@H](NC(=O)c1nc(-c2ccccc2)n2c1CN(C(=O)OC(C)(C)C)CCC2)c1ccccc1. The van der Waals surface area contributed by atoms with E-state index in [-0.39, 0.29) is 18.1 Å². The largest absolute Gasteiger partial charge is 0.444 e. The van der Waals surface area contributed by atoms with Gasteiger partial charge in [-0.3, -0.25) is 9.59 Å². The first-order valence-corrected chi connectivity index (χ1v) is 12.4.